The summed E-state index contributed by atoms with van der Waals surface area (Å²) in [5.41, 5.74) is 2.90. The van der Waals surface area contributed by atoms with Gasteiger partial charge in [0, 0.05) is 4.90 Å². The molecule has 0 radical (unpaired) electrons. The molecule has 0 unspecified atom stereocenters. The number of benzene rings is 1. The van der Waals surface area contributed by atoms with Gasteiger partial charge in [0.2, 0.25) is 5.91 Å². The van der Waals surface area contributed by atoms with Crippen LogP contribution in [0, 0.1) is 25.2 Å². The lowest BCUT2D eigenvalue weighted by Crippen LogP contribution is -2.22. The number of carbonyl (C=O) groups excluding carboxylic acids is 1. The maximum atomic E-state index is 12.2. The first-order chi connectivity index (χ1) is 10.0. The smallest absolute Gasteiger partial charge is 0.238 e. The summed E-state index contributed by atoms with van der Waals surface area (Å²) in [7, 11) is 0. The van der Waals surface area contributed by atoms with Crippen LogP contribution in [0.3, 0.4) is 0 Å². The number of nitrogens with one attached hydrogen (secondary N) is 1. The molecule has 1 aromatic heterocycles. The molecule has 0 spiro atoms. The number of hydrogen-bond acceptors (Lipinski definition) is 4. The van der Waals surface area contributed by atoms with Crippen molar-refractivity contribution in [1.82, 2.24) is 0 Å². The third-order valence-corrected chi connectivity index (χ3v) is 5.14. The second-order valence-corrected chi connectivity index (χ2v) is 7.09. The molecule has 0 aliphatic carbocycles. The first-order valence-electron chi connectivity index (χ1n) is 6.53. The second-order valence-electron chi connectivity index (χ2n) is 4.79. The molecular weight excluding hydrogens is 300 g/mol. The number of anilines is 1. The summed E-state index contributed by atoms with van der Waals surface area (Å²) in [5, 5.41) is 14.0. The molecule has 1 amide bonds. The molecule has 1 atom stereocenters. The van der Waals surface area contributed by atoms with E-state index >= 15 is 0 Å². The summed E-state index contributed by atoms with van der Waals surface area (Å²) in [6.07, 6.45) is 0. The molecule has 21 heavy (non-hydrogen) atoms. The van der Waals surface area contributed by atoms with Crippen LogP contribution in [0.25, 0.3) is 0 Å². The first kappa shape index (κ1) is 15.6. The molecule has 0 saturated heterocycles. The van der Waals surface area contributed by atoms with Gasteiger partial charge < -0.3 is 5.32 Å². The van der Waals surface area contributed by atoms with E-state index < -0.39 is 0 Å². The van der Waals surface area contributed by atoms with Gasteiger partial charge in [0.1, 0.15) is 11.1 Å². The minimum absolute atomic E-state index is 0.0843. The second kappa shape index (κ2) is 6.79. The third kappa shape index (κ3) is 3.87. The Hall–Kier alpha value is -1.77. The fourth-order valence-corrected chi connectivity index (χ4v) is 3.56. The van der Waals surface area contributed by atoms with Gasteiger partial charge >= 0.3 is 0 Å². The van der Waals surface area contributed by atoms with Crippen LogP contribution in [0.5, 0.6) is 0 Å². The number of thiophene rings is 1. The largest absolute Gasteiger partial charge is 0.316 e. The molecule has 1 N–H and O–H groups in total. The lowest BCUT2D eigenvalue weighted by molar-refractivity contribution is -0.115. The topological polar surface area (TPSA) is 52.9 Å². The number of nitrogens with zero attached hydrogens (tertiary/aromatic N) is 1. The highest BCUT2D eigenvalue weighted by Crippen LogP contribution is 2.29. The number of aryl methyl sites for hydroxylation is 2. The van der Waals surface area contributed by atoms with Crippen molar-refractivity contribution in [3.8, 4) is 6.07 Å². The first-order valence-corrected chi connectivity index (χ1v) is 8.29. The molecule has 0 saturated carbocycles. The van der Waals surface area contributed by atoms with Crippen molar-refractivity contribution in [2.75, 3.05) is 5.32 Å². The fourth-order valence-electron chi connectivity index (χ4n) is 1.88. The predicted molar refractivity (Wildman–Crippen MR) is 88.9 cm³/mol. The zero-order valence-electron chi connectivity index (χ0n) is 12.1. The van der Waals surface area contributed by atoms with Crippen LogP contribution in [0.4, 0.5) is 5.00 Å². The Labute approximate surface area is 133 Å². The fraction of sp³-hybridized carbons (Fsp3) is 0.250. The van der Waals surface area contributed by atoms with Gasteiger partial charge in [0.05, 0.1) is 10.8 Å². The molecule has 0 aliphatic heterocycles. The van der Waals surface area contributed by atoms with Gasteiger partial charge in [-0.1, -0.05) is 17.7 Å². The third-order valence-electron chi connectivity index (χ3n) is 3.03. The van der Waals surface area contributed by atoms with Crippen molar-refractivity contribution in [1.29, 1.82) is 5.26 Å². The highest BCUT2D eigenvalue weighted by atomic mass is 32.2. The summed E-state index contributed by atoms with van der Waals surface area (Å²) in [6, 6.07) is 9.99. The van der Waals surface area contributed by atoms with E-state index in [-0.39, 0.29) is 11.2 Å². The molecule has 0 fully saturated rings. The average molecular weight is 316 g/mol. The van der Waals surface area contributed by atoms with Crippen LogP contribution < -0.4 is 5.32 Å². The summed E-state index contributed by atoms with van der Waals surface area (Å²) in [5.74, 6) is -0.0843. The van der Waals surface area contributed by atoms with Crippen molar-refractivity contribution in [3.63, 3.8) is 0 Å². The average Bonchev–Trinajstić information content (AvgIpc) is 2.89. The lowest BCUT2D eigenvalue weighted by atomic mass is 10.2. The molecule has 0 bridgehead atoms. The molecule has 2 aromatic rings. The summed E-state index contributed by atoms with van der Waals surface area (Å²) >= 11 is 2.90. The Kier molecular flexibility index (Phi) is 5.05. The molecule has 5 heteroatoms. The number of carbonyl (C=O) groups is 1. The van der Waals surface area contributed by atoms with Crippen molar-refractivity contribution in [3.05, 3.63) is 46.3 Å². The zero-order valence-corrected chi connectivity index (χ0v) is 13.8. The van der Waals surface area contributed by atoms with Crippen LogP contribution in [-0.2, 0) is 4.79 Å². The maximum Gasteiger partial charge on any atom is 0.238 e. The minimum Gasteiger partial charge on any atom is -0.316 e. The van der Waals surface area contributed by atoms with Gasteiger partial charge in [-0.15, -0.1) is 23.1 Å². The molecule has 2 rings (SSSR count). The normalized spacial score (nSPS) is 11.7. The minimum atomic E-state index is -0.222. The van der Waals surface area contributed by atoms with Gasteiger partial charge in [-0.05, 0) is 43.8 Å². The van der Waals surface area contributed by atoms with Crippen LogP contribution in [-0.4, -0.2) is 11.2 Å². The van der Waals surface area contributed by atoms with Crippen LogP contribution >= 0.6 is 23.1 Å². The molecule has 0 aliphatic rings. The SMILES string of the molecule is Cc1ccc(S[C@@H](C)C(=O)Nc2sccc2C#N)c(C)c1. The van der Waals surface area contributed by atoms with Crippen molar-refractivity contribution in [2.24, 2.45) is 0 Å². The quantitative estimate of drug-likeness (QED) is 0.853. The van der Waals surface area contributed by atoms with Crippen molar-refractivity contribution < 1.29 is 4.79 Å². The number of hydrogen-bond donors (Lipinski definition) is 1. The molecular formula is C16H16N2OS2. The Morgan fingerprint density at radius 3 is 2.81 bits per heavy atom. The van der Waals surface area contributed by atoms with E-state index in [1.54, 1.807) is 11.4 Å². The Morgan fingerprint density at radius 2 is 2.14 bits per heavy atom. The van der Waals surface area contributed by atoms with E-state index in [1.165, 1.54) is 34.2 Å². The monoisotopic (exact) mass is 316 g/mol. The number of nitriles is 1. The summed E-state index contributed by atoms with van der Waals surface area (Å²) < 4.78 is 0. The molecule has 1 heterocycles. The highest BCUT2D eigenvalue weighted by Gasteiger charge is 2.17. The van der Waals surface area contributed by atoms with Gasteiger partial charge in [-0.25, -0.2) is 0 Å². The van der Waals surface area contributed by atoms with E-state index in [1.807, 2.05) is 26.0 Å². The lowest BCUT2D eigenvalue weighted by Gasteiger charge is -2.13. The van der Waals surface area contributed by atoms with Crippen molar-refractivity contribution in [2.45, 2.75) is 30.9 Å². The van der Waals surface area contributed by atoms with Crippen LogP contribution in [0.1, 0.15) is 23.6 Å². The highest BCUT2D eigenvalue weighted by molar-refractivity contribution is 8.00. The van der Waals surface area contributed by atoms with Gasteiger partial charge in [0.25, 0.3) is 0 Å². The molecule has 108 valence electrons. The predicted octanol–water partition coefficient (Wildman–Crippen LogP) is 4.36. The van der Waals surface area contributed by atoms with Crippen LogP contribution in [0.2, 0.25) is 0 Å². The van der Waals surface area contributed by atoms with Gasteiger partial charge in [-0.2, -0.15) is 5.26 Å². The van der Waals surface area contributed by atoms with Crippen molar-refractivity contribution >= 4 is 34.0 Å². The number of rotatable bonds is 4. The number of thioether (sulfide) groups is 1. The standard InChI is InChI=1S/C16H16N2OS2/c1-10-4-5-14(11(2)8-10)21-12(3)15(19)18-16-13(9-17)6-7-20-16/h4-8,12H,1-3H3,(H,18,19)/t12-/m0/s1. The summed E-state index contributed by atoms with van der Waals surface area (Å²) in [4.78, 5) is 13.3. The van der Waals surface area contributed by atoms with E-state index in [4.69, 9.17) is 5.26 Å². The van der Waals surface area contributed by atoms with Crippen LogP contribution in [0.15, 0.2) is 34.5 Å². The molecule has 3 nitrogen and oxygen atoms in total. The van der Waals surface area contributed by atoms with E-state index in [2.05, 4.69) is 24.4 Å². The van der Waals surface area contributed by atoms with E-state index in [9.17, 15) is 4.79 Å². The van der Waals surface area contributed by atoms with Gasteiger partial charge in [-0.3, -0.25) is 4.79 Å². The number of amides is 1. The molecule has 1 aromatic carbocycles. The van der Waals surface area contributed by atoms with E-state index in [0.29, 0.717) is 10.6 Å². The Morgan fingerprint density at radius 1 is 1.38 bits per heavy atom. The summed E-state index contributed by atoms with van der Waals surface area (Å²) in [6.45, 7) is 5.98. The zero-order chi connectivity index (χ0) is 15.4. The Bertz CT molecular complexity index is 701. The van der Waals surface area contributed by atoms with E-state index in [0.717, 1.165) is 4.90 Å². The Balaban J connectivity index is 2.05. The van der Waals surface area contributed by atoms with Gasteiger partial charge in [0.15, 0.2) is 0 Å². The maximum absolute atomic E-state index is 12.2.